The summed E-state index contributed by atoms with van der Waals surface area (Å²) < 4.78 is 6.09. The van der Waals surface area contributed by atoms with Gasteiger partial charge in [-0.25, -0.2) is 0 Å². The van der Waals surface area contributed by atoms with Gasteiger partial charge >= 0.3 is 0 Å². The van der Waals surface area contributed by atoms with Gasteiger partial charge < -0.3 is 9.73 Å². The minimum atomic E-state index is -0.384. The van der Waals surface area contributed by atoms with Crippen LogP contribution in [0.3, 0.4) is 0 Å². The number of rotatable bonds is 5. The maximum Gasteiger partial charge on any atom is 0.277 e. The Bertz CT molecular complexity index is 944. The Labute approximate surface area is 174 Å². The third-order valence-corrected chi connectivity index (χ3v) is 7.74. The van der Waals surface area contributed by atoms with Gasteiger partial charge in [-0.05, 0) is 81.4 Å². The molecule has 1 amide bonds. The standard InChI is InChI=1S/C22H24N4O2S/c1-13(19(27)24-18-4-2-3-14(8-18)12-23)29-21-26-25-20(28-21)22-9-15-5-16(10-22)7-17(6-15)11-22/h2-4,8,13,15-17H,5-7,9-11H2,1H3,(H,24,27)/t13-,15?,16?,17?,22?/m0/s1. The van der Waals surface area contributed by atoms with Crippen molar-refractivity contribution in [2.75, 3.05) is 5.32 Å². The van der Waals surface area contributed by atoms with E-state index in [0.29, 0.717) is 16.5 Å². The zero-order chi connectivity index (χ0) is 20.0. The van der Waals surface area contributed by atoms with Crippen molar-refractivity contribution in [3.05, 3.63) is 35.7 Å². The summed E-state index contributed by atoms with van der Waals surface area (Å²) in [7, 11) is 0. The monoisotopic (exact) mass is 408 g/mol. The van der Waals surface area contributed by atoms with E-state index in [4.69, 9.17) is 9.68 Å². The number of carbonyl (C=O) groups excluding carboxylic acids is 1. The molecule has 4 aliphatic rings. The maximum absolute atomic E-state index is 12.5. The fourth-order valence-corrected chi connectivity index (χ4v) is 6.64. The third kappa shape index (κ3) is 3.55. The summed E-state index contributed by atoms with van der Waals surface area (Å²) in [5.41, 5.74) is 1.20. The molecule has 0 aliphatic heterocycles. The first-order valence-electron chi connectivity index (χ1n) is 10.3. The largest absolute Gasteiger partial charge is 0.415 e. The van der Waals surface area contributed by atoms with Crippen LogP contribution in [0.5, 0.6) is 0 Å². The molecule has 1 atom stereocenters. The van der Waals surface area contributed by atoms with Crippen LogP contribution in [0.25, 0.3) is 0 Å². The number of nitrogens with zero attached hydrogens (tertiary/aromatic N) is 3. The van der Waals surface area contributed by atoms with Crippen molar-refractivity contribution < 1.29 is 9.21 Å². The summed E-state index contributed by atoms with van der Waals surface area (Å²) in [6, 6.07) is 8.97. The van der Waals surface area contributed by atoms with E-state index in [2.05, 4.69) is 21.6 Å². The van der Waals surface area contributed by atoms with Gasteiger partial charge in [-0.15, -0.1) is 10.2 Å². The molecule has 6 rings (SSSR count). The number of benzene rings is 1. The number of hydrogen-bond donors (Lipinski definition) is 1. The maximum atomic E-state index is 12.5. The van der Waals surface area contributed by atoms with Gasteiger partial charge in [0.25, 0.3) is 5.22 Å². The summed E-state index contributed by atoms with van der Waals surface area (Å²) >= 11 is 1.29. The lowest BCUT2D eigenvalue weighted by atomic mass is 9.49. The van der Waals surface area contributed by atoms with Crippen LogP contribution in [0.1, 0.15) is 56.9 Å². The predicted octanol–water partition coefficient (Wildman–Crippen LogP) is 4.53. The minimum Gasteiger partial charge on any atom is -0.415 e. The Morgan fingerprint density at radius 3 is 2.59 bits per heavy atom. The molecule has 4 fully saturated rings. The van der Waals surface area contributed by atoms with Crippen LogP contribution >= 0.6 is 11.8 Å². The second-order valence-electron chi connectivity index (χ2n) is 9.01. The fraction of sp³-hybridized carbons (Fsp3) is 0.545. The SMILES string of the molecule is C[C@H](Sc1nnc(C23CC4CC(CC(C4)C2)C3)o1)C(=O)Nc1cccc(C#N)c1. The van der Waals surface area contributed by atoms with Gasteiger partial charge in [0.15, 0.2) is 0 Å². The molecule has 1 aromatic carbocycles. The van der Waals surface area contributed by atoms with Gasteiger partial charge in [-0.3, -0.25) is 4.79 Å². The predicted molar refractivity (Wildman–Crippen MR) is 109 cm³/mol. The van der Waals surface area contributed by atoms with Crippen LogP contribution in [-0.4, -0.2) is 21.4 Å². The highest BCUT2D eigenvalue weighted by Gasteiger charge is 2.54. The molecule has 1 N–H and O–H groups in total. The molecule has 0 saturated heterocycles. The zero-order valence-corrected chi connectivity index (χ0v) is 17.2. The second-order valence-corrected chi connectivity index (χ2v) is 10.3. The zero-order valence-electron chi connectivity index (χ0n) is 16.4. The van der Waals surface area contributed by atoms with Crippen molar-refractivity contribution in [2.24, 2.45) is 17.8 Å². The molecular formula is C22H24N4O2S. The molecule has 29 heavy (non-hydrogen) atoms. The average molecular weight is 409 g/mol. The lowest BCUT2D eigenvalue weighted by molar-refractivity contribution is -0.115. The average Bonchev–Trinajstić information content (AvgIpc) is 3.16. The van der Waals surface area contributed by atoms with E-state index in [1.165, 1.54) is 50.3 Å². The Morgan fingerprint density at radius 1 is 1.24 bits per heavy atom. The molecule has 4 aliphatic carbocycles. The first kappa shape index (κ1) is 18.7. The molecule has 2 aromatic rings. The molecule has 1 aromatic heterocycles. The number of hydrogen-bond acceptors (Lipinski definition) is 6. The Kier molecular flexibility index (Phi) is 4.62. The van der Waals surface area contributed by atoms with Crippen LogP contribution in [0.2, 0.25) is 0 Å². The fourth-order valence-electron chi connectivity index (χ4n) is 5.96. The van der Waals surface area contributed by atoms with Gasteiger partial charge in [-0.1, -0.05) is 17.8 Å². The summed E-state index contributed by atoms with van der Waals surface area (Å²) in [6.45, 7) is 1.82. The van der Waals surface area contributed by atoms with Crippen molar-refractivity contribution in [1.82, 2.24) is 10.2 Å². The lowest BCUT2D eigenvalue weighted by Crippen LogP contribution is -2.48. The van der Waals surface area contributed by atoms with Crippen LogP contribution in [0.4, 0.5) is 5.69 Å². The molecule has 1 heterocycles. The smallest absolute Gasteiger partial charge is 0.277 e. The molecule has 0 radical (unpaired) electrons. The molecule has 150 valence electrons. The second kappa shape index (κ2) is 7.17. The molecule has 7 heteroatoms. The first-order chi connectivity index (χ1) is 14.0. The number of thioether (sulfide) groups is 1. The number of nitriles is 1. The van der Waals surface area contributed by atoms with Crippen molar-refractivity contribution in [3.63, 3.8) is 0 Å². The van der Waals surface area contributed by atoms with Gasteiger partial charge in [0, 0.05) is 11.1 Å². The van der Waals surface area contributed by atoms with Crippen molar-refractivity contribution in [1.29, 1.82) is 5.26 Å². The molecule has 4 bridgehead atoms. The van der Waals surface area contributed by atoms with E-state index >= 15 is 0 Å². The Morgan fingerprint density at radius 2 is 1.93 bits per heavy atom. The number of aromatic nitrogens is 2. The van der Waals surface area contributed by atoms with E-state index in [1.54, 1.807) is 24.3 Å². The minimum absolute atomic E-state index is 0.0732. The molecule has 6 nitrogen and oxygen atoms in total. The Balaban J connectivity index is 1.25. The first-order valence-corrected chi connectivity index (χ1v) is 11.2. The normalized spacial score (nSPS) is 30.7. The van der Waals surface area contributed by atoms with Crippen molar-refractivity contribution in [2.45, 2.75) is 61.3 Å². The Hall–Kier alpha value is -2.33. The number of carbonyl (C=O) groups is 1. The van der Waals surface area contributed by atoms with Crippen LogP contribution in [0, 0.1) is 29.1 Å². The molecular weight excluding hydrogens is 384 g/mol. The number of anilines is 1. The van der Waals surface area contributed by atoms with Crippen LogP contribution in [0.15, 0.2) is 33.9 Å². The molecule has 0 unspecified atom stereocenters. The van der Waals surface area contributed by atoms with Crippen LogP contribution in [-0.2, 0) is 10.2 Å². The summed E-state index contributed by atoms with van der Waals surface area (Å²) in [5.74, 6) is 3.09. The lowest BCUT2D eigenvalue weighted by Gasteiger charge is -2.55. The topological polar surface area (TPSA) is 91.8 Å². The highest BCUT2D eigenvalue weighted by molar-refractivity contribution is 8.00. The van der Waals surface area contributed by atoms with Crippen LogP contribution < -0.4 is 5.32 Å². The number of amides is 1. The quantitative estimate of drug-likeness (QED) is 0.731. The molecule has 0 spiro atoms. The van der Waals surface area contributed by atoms with E-state index < -0.39 is 0 Å². The van der Waals surface area contributed by atoms with E-state index in [9.17, 15) is 4.79 Å². The van der Waals surface area contributed by atoms with E-state index in [1.807, 2.05) is 6.92 Å². The summed E-state index contributed by atoms with van der Waals surface area (Å²) in [6.07, 6.45) is 7.65. The van der Waals surface area contributed by atoms with E-state index in [-0.39, 0.29) is 16.6 Å². The summed E-state index contributed by atoms with van der Waals surface area (Å²) in [4.78, 5) is 12.5. The van der Waals surface area contributed by atoms with Crippen molar-refractivity contribution >= 4 is 23.4 Å². The summed E-state index contributed by atoms with van der Waals surface area (Å²) in [5, 5.41) is 20.6. The van der Waals surface area contributed by atoms with Gasteiger partial charge in [0.05, 0.1) is 16.9 Å². The van der Waals surface area contributed by atoms with Gasteiger partial charge in [-0.2, -0.15) is 5.26 Å². The number of nitrogens with one attached hydrogen (secondary N) is 1. The third-order valence-electron chi connectivity index (χ3n) is 6.80. The molecule has 4 saturated carbocycles. The van der Waals surface area contributed by atoms with E-state index in [0.717, 1.165) is 23.6 Å². The highest BCUT2D eigenvalue weighted by atomic mass is 32.2. The van der Waals surface area contributed by atoms with Gasteiger partial charge in [0.2, 0.25) is 11.8 Å². The van der Waals surface area contributed by atoms with Gasteiger partial charge in [0.1, 0.15) is 0 Å². The highest BCUT2D eigenvalue weighted by Crippen LogP contribution is 2.60. The van der Waals surface area contributed by atoms with Crippen molar-refractivity contribution in [3.8, 4) is 6.07 Å².